The number of carbonyl (C=O) groups excluding carboxylic acids is 2. The van der Waals surface area contributed by atoms with Crippen LogP contribution in [-0.2, 0) is 29.3 Å². The van der Waals surface area contributed by atoms with Gasteiger partial charge in [0.05, 0.1) is 30.0 Å². The Labute approximate surface area is 317 Å². The van der Waals surface area contributed by atoms with E-state index in [1.54, 1.807) is 14.2 Å². The molecular weight excluding hydrogens is 727 g/mol. The summed E-state index contributed by atoms with van der Waals surface area (Å²) in [5, 5.41) is 10.6. The standard InChI is InChI=1S/C38H39Cl3N6O5/c1-50-35-22(15-42-16-25-10-12-31(48)44-25)9-11-30(45-35)28-8-4-7-27(34(28)41)26-6-3-5-23(33(26)40)18-52-37-29(39)13-24(36(46-37)51-2)17-47-20-38(21-47)14-32(49)43-19-38/h3-9,11,13,25,42H,10,12,14-21H2,1-2H3,(H,43,49)(H,44,48)/t25-/m0/s1. The van der Waals surface area contributed by atoms with Crippen LogP contribution < -0.4 is 30.2 Å². The van der Waals surface area contributed by atoms with Crippen molar-refractivity contribution in [3.63, 3.8) is 0 Å². The van der Waals surface area contributed by atoms with Crippen molar-refractivity contribution in [2.24, 2.45) is 5.41 Å². The van der Waals surface area contributed by atoms with Gasteiger partial charge >= 0.3 is 0 Å². The number of benzene rings is 2. The van der Waals surface area contributed by atoms with Gasteiger partial charge in [0.1, 0.15) is 11.6 Å². The summed E-state index contributed by atoms with van der Waals surface area (Å²) in [5.74, 6) is 1.36. The molecule has 3 N–H and O–H groups in total. The van der Waals surface area contributed by atoms with Crippen molar-refractivity contribution < 1.29 is 23.8 Å². The molecule has 3 fully saturated rings. The minimum Gasteiger partial charge on any atom is -0.481 e. The fraction of sp³-hybridized carbons (Fsp3) is 0.368. The number of methoxy groups -OCH3 is 2. The molecule has 11 nitrogen and oxygen atoms in total. The molecule has 0 bridgehead atoms. The maximum absolute atomic E-state index is 11.7. The van der Waals surface area contributed by atoms with Crippen LogP contribution in [0.1, 0.15) is 36.0 Å². The number of nitrogens with zero attached hydrogens (tertiary/aromatic N) is 3. The molecule has 272 valence electrons. The van der Waals surface area contributed by atoms with Gasteiger partial charge < -0.3 is 30.2 Å². The summed E-state index contributed by atoms with van der Waals surface area (Å²) in [7, 11) is 3.16. The van der Waals surface area contributed by atoms with E-state index >= 15 is 0 Å². The Bertz CT molecular complexity index is 2010. The summed E-state index contributed by atoms with van der Waals surface area (Å²) in [6.07, 6.45) is 1.96. The Morgan fingerprint density at radius 2 is 1.60 bits per heavy atom. The first kappa shape index (κ1) is 36.2. The second kappa shape index (κ2) is 15.5. The molecule has 3 saturated heterocycles. The van der Waals surface area contributed by atoms with Crippen molar-refractivity contribution in [1.29, 1.82) is 0 Å². The SMILES string of the molecule is COc1nc(-c2cccc(-c3cccc(COc4nc(OC)c(CN5CC6(CNC(=O)C6)C5)cc4Cl)c3Cl)c2Cl)ccc1CNC[C@@H]1CCC(=O)N1. The van der Waals surface area contributed by atoms with Crippen LogP contribution in [0, 0.1) is 5.41 Å². The smallest absolute Gasteiger partial charge is 0.236 e. The number of aromatic nitrogens is 2. The molecule has 1 atom stereocenters. The highest BCUT2D eigenvalue weighted by molar-refractivity contribution is 6.38. The van der Waals surface area contributed by atoms with Gasteiger partial charge in [-0.2, -0.15) is 4.98 Å². The van der Waals surface area contributed by atoms with E-state index in [0.717, 1.165) is 59.4 Å². The fourth-order valence-electron chi connectivity index (χ4n) is 7.24. The van der Waals surface area contributed by atoms with Crippen LogP contribution in [0.15, 0.2) is 54.6 Å². The van der Waals surface area contributed by atoms with Crippen molar-refractivity contribution in [2.45, 2.75) is 45.0 Å². The number of amides is 2. The van der Waals surface area contributed by atoms with Gasteiger partial charge in [-0.15, -0.1) is 0 Å². The summed E-state index contributed by atoms with van der Waals surface area (Å²) in [4.78, 5) is 34.8. The summed E-state index contributed by atoms with van der Waals surface area (Å²) in [6.45, 7) is 4.29. The highest BCUT2D eigenvalue weighted by Crippen LogP contribution is 2.42. The number of likely N-dealkylation sites (tertiary alicyclic amines) is 1. The second-order valence-electron chi connectivity index (χ2n) is 13.6. The van der Waals surface area contributed by atoms with Crippen LogP contribution in [-0.4, -0.2) is 73.1 Å². The lowest BCUT2D eigenvalue weighted by Crippen LogP contribution is -2.56. The van der Waals surface area contributed by atoms with Crippen LogP contribution in [0.2, 0.25) is 15.1 Å². The van der Waals surface area contributed by atoms with Gasteiger partial charge in [-0.3, -0.25) is 14.5 Å². The fourth-order valence-corrected chi connectivity index (χ4v) is 8.08. The number of hydrogen-bond donors (Lipinski definition) is 3. The number of rotatable bonds is 13. The average Bonchev–Trinajstić information content (AvgIpc) is 3.73. The van der Waals surface area contributed by atoms with E-state index in [4.69, 9.17) is 54.0 Å². The number of halogens is 3. The van der Waals surface area contributed by atoms with Gasteiger partial charge in [0.25, 0.3) is 0 Å². The van der Waals surface area contributed by atoms with Crippen molar-refractivity contribution in [3.8, 4) is 40.0 Å². The second-order valence-corrected chi connectivity index (χ2v) is 14.7. The van der Waals surface area contributed by atoms with Gasteiger partial charge in [0.2, 0.25) is 29.5 Å². The Balaban J connectivity index is 1.04. The topological polar surface area (TPSA) is 127 Å². The van der Waals surface area contributed by atoms with Crippen molar-refractivity contribution in [1.82, 2.24) is 30.8 Å². The van der Waals surface area contributed by atoms with Crippen molar-refractivity contribution in [2.75, 3.05) is 40.4 Å². The number of ether oxygens (including phenoxy) is 3. The number of hydrogen-bond acceptors (Lipinski definition) is 9. The molecule has 14 heteroatoms. The maximum Gasteiger partial charge on any atom is 0.236 e. The largest absolute Gasteiger partial charge is 0.481 e. The minimum atomic E-state index is 0.0234. The van der Waals surface area contributed by atoms with Crippen LogP contribution in [0.5, 0.6) is 17.6 Å². The Morgan fingerprint density at radius 1 is 0.865 bits per heavy atom. The molecule has 4 aromatic rings. The lowest BCUT2D eigenvalue weighted by molar-refractivity contribution is -0.121. The Morgan fingerprint density at radius 3 is 2.31 bits per heavy atom. The van der Waals surface area contributed by atoms with E-state index in [-0.39, 0.29) is 35.8 Å². The van der Waals surface area contributed by atoms with Gasteiger partial charge in [0, 0.05) is 96.9 Å². The number of nitrogens with one attached hydrogen (secondary N) is 3. The monoisotopic (exact) mass is 764 g/mol. The van der Waals surface area contributed by atoms with Crippen molar-refractivity contribution >= 4 is 46.6 Å². The first-order valence-electron chi connectivity index (χ1n) is 17.1. The quantitative estimate of drug-likeness (QED) is 0.149. The molecule has 1 spiro atoms. The molecule has 3 aliphatic rings. The molecule has 0 aliphatic carbocycles. The number of carbonyl (C=O) groups is 2. The van der Waals surface area contributed by atoms with Gasteiger partial charge in [-0.25, -0.2) is 4.98 Å². The summed E-state index contributed by atoms with van der Waals surface area (Å²) < 4.78 is 17.3. The summed E-state index contributed by atoms with van der Waals surface area (Å²) in [6, 6.07) is 17.3. The summed E-state index contributed by atoms with van der Waals surface area (Å²) >= 11 is 20.7. The first-order chi connectivity index (χ1) is 25.1. The molecule has 52 heavy (non-hydrogen) atoms. The molecule has 2 aromatic heterocycles. The molecule has 2 amide bonds. The van der Waals surface area contributed by atoms with E-state index in [1.807, 2.05) is 54.6 Å². The van der Waals surface area contributed by atoms with E-state index in [9.17, 15) is 9.59 Å². The first-order valence-corrected chi connectivity index (χ1v) is 18.2. The zero-order chi connectivity index (χ0) is 36.4. The molecule has 5 heterocycles. The zero-order valence-corrected chi connectivity index (χ0v) is 31.1. The molecule has 0 radical (unpaired) electrons. The third kappa shape index (κ3) is 7.65. The van der Waals surface area contributed by atoms with Crippen LogP contribution in [0.3, 0.4) is 0 Å². The predicted octanol–water partition coefficient (Wildman–Crippen LogP) is 6.06. The summed E-state index contributed by atoms with van der Waals surface area (Å²) in [5.41, 5.74) is 5.35. The molecule has 2 aromatic carbocycles. The van der Waals surface area contributed by atoms with E-state index in [2.05, 4.69) is 25.8 Å². The molecule has 0 saturated carbocycles. The normalized spacial score (nSPS) is 17.9. The number of pyridine rings is 2. The Kier molecular flexibility index (Phi) is 10.8. The third-order valence-electron chi connectivity index (χ3n) is 9.82. The molecule has 7 rings (SSSR count). The van der Waals surface area contributed by atoms with Crippen LogP contribution in [0.4, 0.5) is 0 Å². The van der Waals surface area contributed by atoms with E-state index in [1.165, 1.54) is 0 Å². The molecular formula is C38H39Cl3N6O5. The average molecular weight is 766 g/mol. The van der Waals surface area contributed by atoms with E-state index < -0.39 is 0 Å². The van der Waals surface area contributed by atoms with Crippen LogP contribution in [0.25, 0.3) is 22.4 Å². The van der Waals surface area contributed by atoms with Gasteiger partial charge in [-0.05, 0) is 18.6 Å². The highest BCUT2D eigenvalue weighted by Gasteiger charge is 2.48. The van der Waals surface area contributed by atoms with Crippen molar-refractivity contribution in [3.05, 3.63) is 86.4 Å². The molecule has 0 unspecified atom stereocenters. The minimum absolute atomic E-state index is 0.0234. The molecule has 3 aliphatic heterocycles. The lowest BCUT2D eigenvalue weighted by Gasteiger charge is -2.47. The third-order valence-corrected chi connectivity index (χ3v) is 10.9. The van der Waals surface area contributed by atoms with Gasteiger partial charge in [0.15, 0.2) is 0 Å². The van der Waals surface area contributed by atoms with Gasteiger partial charge in [-0.1, -0.05) is 77.3 Å². The predicted molar refractivity (Wildman–Crippen MR) is 200 cm³/mol. The maximum atomic E-state index is 11.7. The highest BCUT2D eigenvalue weighted by atomic mass is 35.5. The lowest BCUT2D eigenvalue weighted by atomic mass is 9.79. The Hall–Kier alpha value is -4.13. The van der Waals surface area contributed by atoms with Crippen LogP contribution >= 0.6 is 34.8 Å². The van der Waals surface area contributed by atoms with E-state index in [0.29, 0.717) is 65.0 Å². The zero-order valence-electron chi connectivity index (χ0n) is 28.9.